The largest absolute Gasteiger partial charge is 0.392 e. The van der Waals surface area contributed by atoms with Crippen LogP contribution in [0, 0.1) is 34.5 Å². The molecule has 0 aromatic rings. The summed E-state index contributed by atoms with van der Waals surface area (Å²) in [6, 6.07) is 0.0358. The van der Waals surface area contributed by atoms with E-state index in [4.69, 9.17) is 18.9 Å². The highest BCUT2D eigenvalue weighted by atomic mass is 16.7. The lowest BCUT2D eigenvalue weighted by Crippen LogP contribution is -2.80. The maximum atomic E-state index is 12.3. The predicted octanol–water partition coefficient (Wildman–Crippen LogP) is 1.01. The van der Waals surface area contributed by atoms with Gasteiger partial charge in [-0.1, -0.05) is 13.8 Å². The van der Waals surface area contributed by atoms with Crippen molar-refractivity contribution in [3.63, 3.8) is 0 Å². The lowest BCUT2D eigenvalue weighted by Gasteiger charge is -2.69. The van der Waals surface area contributed by atoms with Gasteiger partial charge in [0.1, 0.15) is 18.0 Å². The van der Waals surface area contributed by atoms with Crippen molar-refractivity contribution in [3.05, 3.63) is 0 Å². The van der Waals surface area contributed by atoms with Crippen LogP contribution >= 0.6 is 0 Å². The quantitative estimate of drug-likeness (QED) is 0.685. The number of piperidine rings is 1. The Morgan fingerprint density at radius 1 is 1.16 bits per heavy atom. The lowest BCUT2D eigenvalue weighted by atomic mass is 9.43. The van der Waals surface area contributed by atoms with Gasteiger partial charge in [-0.2, -0.15) is 0 Å². The average molecular weight is 436 g/mol. The number of aliphatic hydroxyl groups excluding tert-OH is 2. The number of likely N-dealkylation sites (N-methyl/N-ethyl adjacent to an activating group) is 1. The van der Waals surface area contributed by atoms with Gasteiger partial charge in [0.15, 0.2) is 0 Å². The zero-order chi connectivity index (χ0) is 21.6. The van der Waals surface area contributed by atoms with Gasteiger partial charge >= 0.3 is 0 Å². The van der Waals surface area contributed by atoms with E-state index in [1.165, 1.54) is 0 Å². The van der Waals surface area contributed by atoms with E-state index >= 15 is 0 Å². The Morgan fingerprint density at radius 2 is 1.97 bits per heavy atom. The van der Waals surface area contributed by atoms with Crippen LogP contribution in [0.3, 0.4) is 0 Å². The van der Waals surface area contributed by atoms with Gasteiger partial charge in [-0.3, -0.25) is 4.90 Å². The molecule has 7 nitrogen and oxygen atoms in total. The molecule has 2 N–H and O–H groups in total. The van der Waals surface area contributed by atoms with Gasteiger partial charge in [0, 0.05) is 50.4 Å². The van der Waals surface area contributed by atoms with Gasteiger partial charge in [0.2, 0.25) is 0 Å². The molecule has 0 aromatic carbocycles. The van der Waals surface area contributed by atoms with Gasteiger partial charge in [-0.05, 0) is 37.1 Å². The molecule has 7 fully saturated rings. The Balaban J connectivity index is 1.57. The molecule has 7 rings (SSSR count). The van der Waals surface area contributed by atoms with Crippen LogP contribution in [0.25, 0.3) is 0 Å². The summed E-state index contributed by atoms with van der Waals surface area (Å²) < 4.78 is 25.5. The van der Waals surface area contributed by atoms with E-state index in [1.54, 1.807) is 7.11 Å². The maximum absolute atomic E-state index is 12.3. The van der Waals surface area contributed by atoms with E-state index < -0.39 is 23.4 Å². The van der Waals surface area contributed by atoms with Crippen molar-refractivity contribution in [3.8, 4) is 0 Å². The first-order chi connectivity index (χ1) is 14.9. The number of methoxy groups -OCH3 is 2. The summed E-state index contributed by atoms with van der Waals surface area (Å²) in [5.74, 6) is 0.388. The number of rotatable bonds is 3. The highest BCUT2D eigenvalue weighted by Gasteiger charge is 2.93. The standard InChI is InChI=1S/C24H37NO6/c1-5-25-10-21(2)7-6-15(29-4)23-13-8-12-14(28-3)9-22(16(13)17(12)26)24(20(23)25,31-11-30-22)19(27)18(21)23/h12-20,26-27H,5-11H2,1-4H3/t12-,13-,14+,15+,16-,17-,18-,19-,20+,21+,22-,23+,24-/m0/s1. The first-order valence-corrected chi connectivity index (χ1v) is 12.3. The van der Waals surface area contributed by atoms with Gasteiger partial charge in [-0.15, -0.1) is 0 Å². The smallest absolute Gasteiger partial charge is 0.148 e. The Bertz CT molecular complexity index is 811. The molecule has 2 aliphatic heterocycles. The van der Waals surface area contributed by atoms with Crippen molar-refractivity contribution in [2.24, 2.45) is 34.5 Å². The van der Waals surface area contributed by atoms with Gasteiger partial charge in [0.25, 0.3) is 0 Å². The number of hydrogen-bond donors (Lipinski definition) is 2. The average Bonchev–Trinajstić information content (AvgIpc) is 3.30. The second-order valence-electron chi connectivity index (χ2n) is 11.9. The van der Waals surface area contributed by atoms with Crippen LogP contribution in [0.4, 0.5) is 0 Å². The van der Waals surface area contributed by atoms with Crippen LogP contribution < -0.4 is 0 Å². The van der Waals surface area contributed by atoms with E-state index in [-0.39, 0.29) is 59.5 Å². The van der Waals surface area contributed by atoms with Crippen molar-refractivity contribution >= 4 is 0 Å². The summed E-state index contributed by atoms with van der Waals surface area (Å²) in [5, 5.41) is 24.0. The fraction of sp³-hybridized carbons (Fsp3) is 1.00. The molecule has 2 heterocycles. The third kappa shape index (κ3) is 1.74. The second-order valence-corrected chi connectivity index (χ2v) is 11.9. The zero-order valence-electron chi connectivity index (χ0n) is 19.1. The van der Waals surface area contributed by atoms with E-state index in [2.05, 4.69) is 18.7 Å². The number of fused-ring (bicyclic) bond motifs is 1. The molecule has 5 aliphatic carbocycles. The van der Waals surface area contributed by atoms with Crippen molar-refractivity contribution in [2.75, 3.05) is 34.1 Å². The Labute approximate surface area is 184 Å². The number of hydrogen-bond acceptors (Lipinski definition) is 7. The highest BCUT2D eigenvalue weighted by Crippen LogP contribution is 2.82. The van der Waals surface area contributed by atoms with Crippen LogP contribution in [-0.4, -0.2) is 90.9 Å². The first kappa shape index (κ1) is 20.1. The summed E-state index contributed by atoms with van der Waals surface area (Å²) >= 11 is 0. The molecule has 2 saturated heterocycles. The number of aliphatic hydroxyl groups is 2. The molecule has 13 atom stereocenters. The molecule has 3 spiro atoms. The SMILES string of the molecule is CCN1C[C@@]2(C)CC[C@@H](OC)[C@]34[C@@H]1[C@@]1(OCO[C@]15C[C@@H](OC)[C@@H]1C[C@H]3[C@H]5[C@H]1O)[C@@H](O)[C@@H]24. The van der Waals surface area contributed by atoms with Crippen molar-refractivity contribution in [1.82, 2.24) is 4.90 Å². The maximum Gasteiger partial charge on any atom is 0.148 e. The fourth-order valence-corrected chi connectivity index (χ4v) is 11.2. The van der Waals surface area contributed by atoms with Gasteiger partial charge < -0.3 is 29.2 Å². The van der Waals surface area contributed by atoms with Gasteiger partial charge in [0.05, 0.1) is 30.5 Å². The molecule has 0 amide bonds. The molecule has 0 unspecified atom stereocenters. The molecule has 7 bridgehead atoms. The van der Waals surface area contributed by atoms with Crippen LogP contribution in [-0.2, 0) is 18.9 Å². The number of likely N-dealkylation sites (tertiary alicyclic amines) is 1. The molecule has 0 aromatic heterocycles. The topological polar surface area (TPSA) is 80.6 Å². The second kappa shape index (κ2) is 5.85. The number of ether oxygens (including phenoxy) is 4. The van der Waals surface area contributed by atoms with E-state index in [0.717, 1.165) is 32.4 Å². The normalized spacial score (nSPS) is 65.8. The predicted molar refractivity (Wildman–Crippen MR) is 110 cm³/mol. The van der Waals surface area contributed by atoms with Crippen molar-refractivity contribution in [2.45, 2.75) is 81.2 Å². The van der Waals surface area contributed by atoms with Crippen LogP contribution in [0.1, 0.15) is 39.5 Å². The Morgan fingerprint density at radius 3 is 2.68 bits per heavy atom. The van der Waals surface area contributed by atoms with Crippen LogP contribution in [0.5, 0.6) is 0 Å². The minimum atomic E-state index is -0.846. The zero-order valence-corrected chi connectivity index (χ0v) is 19.1. The van der Waals surface area contributed by atoms with Crippen molar-refractivity contribution in [1.29, 1.82) is 0 Å². The molecule has 7 heteroatoms. The molecular weight excluding hydrogens is 398 g/mol. The molecule has 5 saturated carbocycles. The lowest BCUT2D eigenvalue weighted by molar-refractivity contribution is -0.281. The molecule has 31 heavy (non-hydrogen) atoms. The molecular formula is C24H37NO6. The van der Waals surface area contributed by atoms with Gasteiger partial charge in [-0.25, -0.2) is 0 Å². The highest BCUT2D eigenvalue weighted by molar-refractivity contribution is 5.42. The third-order valence-corrected chi connectivity index (χ3v) is 11.6. The summed E-state index contributed by atoms with van der Waals surface area (Å²) in [4.78, 5) is 2.59. The van der Waals surface area contributed by atoms with E-state index in [9.17, 15) is 10.2 Å². The summed E-state index contributed by atoms with van der Waals surface area (Å²) in [6.07, 6.45) is 2.51. The Hall–Kier alpha value is -0.280. The van der Waals surface area contributed by atoms with Crippen LogP contribution in [0.15, 0.2) is 0 Å². The minimum absolute atomic E-state index is 0.0000689. The Kier molecular flexibility index (Phi) is 3.80. The molecule has 0 radical (unpaired) electrons. The first-order valence-electron chi connectivity index (χ1n) is 12.3. The molecule has 174 valence electrons. The third-order valence-electron chi connectivity index (χ3n) is 11.6. The molecule has 7 aliphatic rings. The number of nitrogens with zero attached hydrogens (tertiary/aromatic N) is 1. The van der Waals surface area contributed by atoms with Crippen molar-refractivity contribution < 1.29 is 29.2 Å². The van der Waals surface area contributed by atoms with Crippen LogP contribution in [0.2, 0.25) is 0 Å². The summed E-state index contributed by atoms with van der Waals surface area (Å²) in [6.45, 7) is 6.68. The van der Waals surface area contributed by atoms with E-state index in [1.807, 2.05) is 7.11 Å². The minimum Gasteiger partial charge on any atom is -0.392 e. The van der Waals surface area contributed by atoms with E-state index in [0.29, 0.717) is 6.42 Å². The fourth-order valence-electron chi connectivity index (χ4n) is 11.2. The summed E-state index contributed by atoms with van der Waals surface area (Å²) in [7, 11) is 3.59. The summed E-state index contributed by atoms with van der Waals surface area (Å²) in [5.41, 5.74) is -1.80. The monoisotopic (exact) mass is 435 g/mol.